The van der Waals surface area contributed by atoms with Gasteiger partial charge >= 0.3 is 6.03 Å². The van der Waals surface area contributed by atoms with Crippen LogP contribution < -0.4 is 16.0 Å². The highest BCUT2D eigenvalue weighted by Crippen LogP contribution is 2.30. The van der Waals surface area contributed by atoms with Crippen LogP contribution in [0.25, 0.3) is 0 Å². The molecule has 1 atom stereocenters. The summed E-state index contributed by atoms with van der Waals surface area (Å²) in [5, 5.41) is 8.58. The number of anilines is 1. The fraction of sp³-hybridized carbons (Fsp3) is 0.238. The average molecular weight is 349 g/mol. The van der Waals surface area contributed by atoms with Crippen molar-refractivity contribution in [2.75, 3.05) is 5.32 Å². The molecule has 1 aliphatic rings. The molecule has 0 aromatic heterocycles. The van der Waals surface area contributed by atoms with E-state index in [0.29, 0.717) is 11.3 Å². The molecule has 1 aliphatic heterocycles. The van der Waals surface area contributed by atoms with Gasteiger partial charge in [0.15, 0.2) is 0 Å². The van der Waals surface area contributed by atoms with E-state index in [2.05, 4.69) is 16.0 Å². The van der Waals surface area contributed by atoms with Gasteiger partial charge in [0.2, 0.25) is 0 Å². The van der Waals surface area contributed by atoms with Crippen LogP contribution in [0.4, 0.5) is 10.5 Å². The molecule has 134 valence electrons. The van der Waals surface area contributed by atoms with Crippen LogP contribution in [0, 0.1) is 20.8 Å². The fourth-order valence-electron chi connectivity index (χ4n) is 3.20. The number of hydrogen-bond donors (Lipinski definition) is 3. The van der Waals surface area contributed by atoms with Crippen molar-refractivity contribution in [3.8, 4) is 0 Å². The fourth-order valence-corrected chi connectivity index (χ4v) is 3.20. The molecule has 0 saturated heterocycles. The number of nitrogens with one attached hydrogen (secondary N) is 3. The van der Waals surface area contributed by atoms with Crippen LogP contribution >= 0.6 is 0 Å². The third-order valence-corrected chi connectivity index (χ3v) is 4.65. The lowest BCUT2D eigenvalue weighted by molar-refractivity contribution is -0.113. The molecular formula is C21H23N3O2. The van der Waals surface area contributed by atoms with Crippen LogP contribution in [0.1, 0.15) is 35.2 Å². The highest BCUT2D eigenvalue weighted by molar-refractivity contribution is 6.07. The number of carbonyl (C=O) groups is 2. The van der Waals surface area contributed by atoms with Crippen LogP contribution in [-0.4, -0.2) is 11.9 Å². The lowest BCUT2D eigenvalue weighted by Gasteiger charge is -2.29. The van der Waals surface area contributed by atoms with Gasteiger partial charge in [0.1, 0.15) is 0 Å². The van der Waals surface area contributed by atoms with E-state index < -0.39 is 6.04 Å². The van der Waals surface area contributed by atoms with E-state index in [9.17, 15) is 9.59 Å². The summed E-state index contributed by atoms with van der Waals surface area (Å²) in [4.78, 5) is 25.1. The smallest absolute Gasteiger partial charge is 0.319 e. The monoisotopic (exact) mass is 349 g/mol. The molecule has 0 spiro atoms. The molecule has 5 heteroatoms. The Bertz CT molecular complexity index is 915. The number of aryl methyl sites for hydroxylation is 3. The largest absolute Gasteiger partial charge is 0.327 e. The maximum atomic E-state index is 13.1. The van der Waals surface area contributed by atoms with Crippen molar-refractivity contribution in [2.45, 2.75) is 33.7 Å². The van der Waals surface area contributed by atoms with Gasteiger partial charge in [0.25, 0.3) is 5.91 Å². The Morgan fingerprint density at radius 1 is 1.00 bits per heavy atom. The maximum Gasteiger partial charge on any atom is 0.319 e. The summed E-state index contributed by atoms with van der Waals surface area (Å²) < 4.78 is 0. The standard InChI is InChI=1S/C21H23N3O2/c1-12-9-10-14(3)17(11-12)23-20(25)18-15(4)22-21(26)24-19(18)16-8-6-5-7-13(16)2/h5-11,19H,1-4H3,(H,23,25)(H2,22,24,26)/t19-/m1/s1. The number of urea groups is 1. The first-order valence-electron chi connectivity index (χ1n) is 8.59. The molecule has 3 N–H and O–H groups in total. The van der Waals surface area contributed by atoms with Gasteiger partial charge in [-0.1, -0.05) is 36.4 Å². The number of benzene rings is 2. The van der Waals surface area contributed by atoms with Gasteiger partial charge in [-0.25, -0.2) is 4.79 Å². The number of allylic oxidation sites excluding steroid dienone is 1. The van der Waals surface area contributed by atoms with Crippen molar-refractivity contribution in [3.05, 3.63) is 76.0 Å². The van der Waals surface area contributed by atoms with Gasteiger partial charge in [0, 0.05) is 11.4 Å². The zero-order chi connectivity index (χ0) is 18.8. The van der Waals surface area contributed by atoms with Crippen molar-refractivity contribution >= 4 is 17.6 Å². The van der Waals surface area contributed by atoms with E-state index in [1.165, 1.54) is 0 Å². The average Bonchev–Trinajstić information content (AvgIpc) is 2.57. The van der Waals surface area contributed by atoms with Gasteiger partial charge in [-0.05, 0) is 56.0 Å². The molecule has 2 aromatic rings. The van der Waals surface area contributed by atoms with E-state index in [-0.39, 0.29) is 11.9 Å². The summed E-state index contributed by atoms with van der Waals surface area (Å²) in [5.74, 6) is -0.225. The quantitative estimate of drug-likeness (QED) is 0.787. The van der Waals surface area contributed by atoms with E-state index in [1.54, 1.807) is 6.92 Å². The van der Waals surface area contributed by atoms with E-state index in [1.807, 2.05) is 63.2 Å². The summed E-state index contributed by atoms with van der Waals surface area (Å²) in [6.45, 7) is 7.66. The summed E-state index contributed by atoms with van der Waals surface area (Å²) in [6.07, 6.45) is 0. The first kappa shape index (κ1) is 17.7. The molecule has 0 saturated carbocycles. The molecule has 5 nitrogen and oxygen atoms in total. The van der Waals surface area contributed by atoms with Gasteiger partial charge in [-0.2, -0.15) is 0 Å². The molecule has 1 heterocycles. The first-order chi connectivity index (χ1) is 12.4. The van der Waals surface area contributed by atoms with Crippen LogP contribution in [0.3, 0.4) is 0 Å². The Hall–Kier alpha value is -3.08. The van der Waals surface area contributed by atoms with Gasteiger partial charge in [-0.3, -0.25) is 4.79 Å². The van der Waals surface area contributed by atoms with Crippen LogP contribution in [0.15, 0.2) is 53.7 Å². The number of amides is 3. The lowest BCUT2D eigenvalue weighted by atomic mass is 9.92. The highest BCUT2D eigenvalue weighted by Gasteiger charge is 2.32. The van der Waals surface area contributed by atoms with Gasteiger partial charge in [0.05, 0.1) is 11.6 Å². The minimum Gasteiger partial charge on any atom is -0.327 e. The molecular weight excluding hydrogens is 326 g/mol. The lowest BCUT2D eigenvalue weighted by Crippen LogP contribution is -2.46. The zero-order valence-corrected chi connectivity index (χ0v) is 15.4. The van der Waals surface area contributed by atoms with Crippen molar-refractivity contribution in [3.63, 3.8) is 0 Å². The Kier molecular flexibility index (Phi) is 4.80. The third-order valence-electron chi connectivity index (χ3n) is 4.65. The number of carbonyl (C=O) groups excluding carboxylic acids is 2. The number of hydrogen-bond acceptors (Lipinski definition) is 2. The molecule has 2 aromatic carbocycles. The summed E-state index contributed by atoms with van der Waals surface area (Å²) in [6, 6.07) is 12.9. The summed E-state index contributed by atoms with van der Waals surface area (Å²) >= 11 is 0. The Morgan fingerprint density at radius 2 is 1.73 bits per heavy atom. The molecule has 0 aliphatic carbocycles. The van der Waals surface area contributed by atoms with Crippen molar-refractivity contribution in [1.82, 2.24) is 10.6 Å². The SMILES string of the molecule is CC1=C(C(=O)Nc2cc(C)ccc2C)[C@@H](c2ccccc2C)NC(=O)N1. The van der Waals surface area contributed by atoms with Crippen molar-refractivity contribution < 1.29 is 9.59 Å². The second-order valence-corrected chi connectivity index (χ2v) is 6.70. The van der Waals surface area contributed by atoms with Crippen molar-refractivity contribution in [2.24, 2.45) is 0 Å². The van der Waals surface area contributed by atoms with E-state index >= 15 is 0 Å². The molecule has 0 bridgehead atoms. The molecule has 0 radical (unpaired) electrons. The normalized spacial score (nSPS) is 16.8. The third kappa shape index (κ3) is 3.47. The molecule has 26 heavy (non-hydrogen) atoms. The summed E-state index contributed by atoms with van der Waals surface area (Å²) in [5.41, 5.74) is 5.84. The Morgan fingerprint density at radius 3 is 2.46 bits per heavy atom. The highest BCUT2D eigenvalue weighted by atomic mass is 16.2. The predicted molar refractivity (Wildman–Crippen MR) is 103 cm³/mol. The topological polar surface area (TPSA) is 70.2 Å². The molecule has 0 unspecified atom stereocenters. The van der Waals surface area contributed by atoms with Gasteiger partial charge < -0.3 is 16.0 Å². The second kappa shape index (κ2) is 7.04. The maximum absolute atomic E-state index is 13.1. The summed E-state index contributed by atoms with van der Waals surface area (Å²) in [7, 11) is 0. The van der Waals surface area contributed by atoms with E-state index in [0.717, 1.165) is 27.9 Å². The van der Waals surface area contributed by atoms with Crippen molar-refractivity contribution in [1.29, 1.82) is 0 Å². The zero-order valence-electron chi connectivity index (χ0n) is 15.4. The molecule has 0 fully saturated rings. The first-order valence-corrected chi connectivity index (χ1v) is 8.59. The predicted octanol–water partition coefficient (Wildman–Crippen LogP) is 3.88. The Labute approximate surface area is 153 Å². The minimum atomic E-state index is -0.491. The van der Waals surface area contributed by atoms with Crippen LogP contribution in [0.5, 0.6) is 0 Å². The van der Waals surface area contributed by atoms with Gasteiger partial charge in [-0.15, -0.1) is 0 Å². The van der Waals surface area contributed by atoms with E-state index in [4.69, 9.17) is 0 Å². The second-order valence-electron chi connectivity index (χ2n) is 6.70. The minimum absolute atomic E-state index is 0.225. The number of rotatable bonds is 3. The van der Waals surface area contributed by atoms with Crippen LogP contribution in [0.2, 0.25) is 0 Å². The van der Waals surface area contributed by atoms with Crippen LogP contribution in [-0.2, 0) is 4.79 Å². The molecule has 3 rings (SSSR count). The Balaban J connectivity index is 2.00. The molecule has 3 amide bonds.